The van der Waals surface area contributed by atoms with Crippen LogP contribution in [-0.2, 0) is 11.2 Å². The molecule has 4 heteroatoms. The SMILES string of the molecule is N[C@@H](Cc1ccc(-c2cccnc2)cc1)C(=O)O. The summed E-state index contributed by atoms with van der Waals surface area (Å²) in [5.41, 5.74) is 8.49. The summed E-state index contributed by atoms with van der Waals surface area (Å²) in [4.78, 5) is 14.7. The number of benzene rings is 1. The molecule has 0 aliphatic carbocycles. The van der Waals surface area contributed by atoms with Crippen LogP contribution in [0.3, 0.4) is 0 Å². The fraction of sp³-hybridized carbons (Fsp3) is 0.143. The highest BCUT2D eigenvalue weighted by Crippen LogP contribution is 2.18. The molecule has 1 aromatic carbocycles. The number of hydrogen-bond acceptors (Lipinski definition) is 3. The maximum absolute atomic E-state index is 10.7. The fourth-order valence-corrected chi connectivity index (χ4v) is 1.71. The minimum atomic E-state index is -0.980. The summed E-state index contributed by atoms with van der Waals surface area (Å²) in [5.74, 6) is -0.980. The lowest BCUT2D eigenvalue weighted by Crippen LogP contribution is -2.32. The average molecular weight is 242 g/mol. The second-order valence-corrected chi connectivity index (χ2v) is 4.09. The van der Waals surface area contributed by atoms with Crippen molar-refractivity contribution in [2.45, 2.75) is 12.5 Å². The fourth-order valence-electron chi connectivity index (χ4n) is 1.71. The summed E-state index contributed by atoms with van der Waals surface area (Å²) < 4.78 is 0. The molecule has 92 valence electrons. The van der Waals surface area contributed by atoms with Crippen LogP contribution in [0.2, 0.25) is 0 Å². The predicted octanol–water partition coefficient (Wildman–Crippen LogP) is 1.70. The van der Waals surface area contributed by atoms with Gasteiger partial charge in [0.2, 0.25) is 0 Å². The highest BCUT2D eigenvalue weighted by molar-refractivity contribution is 5.73. The van der Waals surface area contributed by atoms with Gasteiger partial charge in [-0.15, -0.1) is 0 Å². The Kier molecular flexibility index (Phi) is 3.69. The zero-order valence-electron chi connectivity index (χ0n) is 9.78. The van der Waals surface area contributed by atoms with Crippen LogP contribution in [0.1, 0.15) is 5.56 Å². The van der Waals surface area contributed by atoms with E-state index in [0.29, 0.717) is 6.42 Å². The summed E-state index contributed by atoms with van der Waals surface area (Å²) in [6.45, 7) is 0. The first-order valence-electron chi connectivity index (χ1n) is 5.64. The number of aromatic nitrogens is 1. The first-order chi connectivity index (χ1) is 8.66. The quantitative estimate of drug-likeness (QED) is 0.855. The minimum absolute atomic E-state index is 0.336. The van der Waals surface area contributed by atoms with Gasteiger partial charge in [-0.2, -0.15) is 0 Å². The molecule has 0 amide bonds. The molecule has 3 N–H and O–H groups in total. The van der Waals surface area contributed by atoms with Gasteiger partial charge in [-0.25, -0.2) is 0 Å². The van der Waals surface area contributed by atoms with Crippen LogP contribution < -0.4 is 5.73 Å². The number of carbonyl (C=O) groups is 1. The average Bonchev–Trinajstić information content (AvgIpc) is 2.40. The predicted molar refractivity (Wildman–Crippen MR) is 69.0 cm³/mol. The number of aliphatic carboxylic acids is 1. The third-order valence-electron chi connectivity index (χ3n) is 2.72. The lowest BCUT2D eigenvalue weighted by atomic mass is 10.0. The number of carboxylic acids is 1. The molecule has 1 aromatic heterocycles. The Bertz CT molecular complexity index is 523. The van der Waals surface area contributed by atoms with E-state index in [2.05, 4.69) is 4.98 Å². The van der Waals surface area contributed by atoms with Gasteiger partial charge in [0, 0.05) is 12.4 Å². The van der Waals surface area contributed by atoms with Crippen LogP contribution in [0.4, 0.5) is 0 Å². The van der Waals surface area contributed by atoms with Crippen LogP contribution in [0, 0.1) is 0 Å². The molecule has 0 radical (unpaired) electrons. The van der Waals surface area contributed by atoms with Gasteiger partial charge in [0.05, 0.1) is 0 Å². The third-order valence-corrected chi connectivity index (χ3v) is 2.72. The summed E-state index contributed by atoms with van der Waals surface area (Å²) in [6.07, 6.45) is 3.85. The number of carboxylic acid groups (broad SMARTS) is 1. The zero-order valence-corrected chi connectivity index (χ0v) is 9.78. The Hall–Kier alpha value is -2.20. The van der Waals surface area contributed by atoms with Gasteiger partial charge < -0.3 is 10.8 Å². The molecule has 0 fully saturated rings. The molecule has 2 rings (SSSR count). The van der Waals surface area contributed by atoms with E-state index in [4.69, 9.17) is 10.8 Å². The standard InChI is InChI=1S/C14H14N2O2/c15-13(14(17)18)8-10-3-5-11(6-4-10)12-2-1-7-16-9-12/h1-7,9,13H,8,15H2,(H,17,18)/t13-/m0/s1. The first kappa shape index (κ1) is 12.3. The van der Waals surface area contributed by atoms with Crippen molar-refractivity contribution in [3.63, 3.8) is 0 Å². The van der Waals surface area contributed by atoms with Gasteiger partial charge in [0.1, 0.15) is 6.04 Å². The van der Waals surface area contributed by atoms with Gasteiger partial charge >= 0.3 is 5.97 Å². The first-order valence-corrected chi connectivity index (χ1v) is 5.64. The van der Waals surface area contributed by atoms with Crippen LogP contribution in [0.15, 0.2) is 48.8 Å². The van der Waals surface area contributed by atoms with E-state index >= 15 is 0 Å². The van der Waals surface area contributed by atoms with E-state index in [1.54, 1.807) is 12.4 Å². The smallest absolute Gasteiger partial charge is 0.320 e. The van der Waals surface area contributed by atoms with Crippen LogP contribution in [-0.4, -0.2) is 22.1 Å². The molecule has 0 bridgehead atoms. The molecule has 1 heterocycles. The van der Waals surface area contributed by atoms with Crippen molar-refractivity contribution in [3.8, 4) is 11.1 Å². The van der Waals surface area contributed by atoms with Gasteiger partial charge in [-0.3, -0.25) is 9.78 Å². The molecule has 0 aliphatic heterocycles. The van der Waals surface area contributed by atoms with Crippen LogP contribution in [0.25, 0.3) is 11.1 Å². The van der Waals surface area contributed by atoms with Crippen LogP contribution >= 0.6 is 0 Å². The topological polar surface area (TPSA) is 76.2 Å². The zero-order chi connectivity index (χ0) is 13.0. The van der Waals surface area contributed by atoms with Crippen molar-refractivity contribution in [1.82, 2.24) is 4.98 Å². The molecule has 2 aromatic rings. The number of hydrogen-bond donors (Lipinski definition) is 2. The normalized spacial score (nSPS) is 12.1. The Morgan fingerprint density at radius 3 is 2.50 bits per heavy atom. The monoisotopic (exact) mass is 242 g/mol. The van der Waals surface area contributed by atoms with Gasteiger partial charge in [-0.1, -0.05) is 30.3 Å². The summed E-state index contributed by atoms with van der Waals surface area (Å²) >= 11 is 0. The van der Waals surface area contributed by atoms with E-state index < -0.39 is 12.0 Å². The molecule has 18 heavy (non-hydrogen) atoms. The van der Waals surface area contributed by atoms with E-state index in [0.717, 1.165) is 16.7 Å². The van der Waals surface area contributed by atoms with Crippen molar-refractivity contribution < 1.29 is 9.90 Å². The maximum Gasteiger partial charge on any atom is 0.320 e. The number of nitrogens with two attached hydrogens (primary N) is 1. The van der Waals surface area contributed by atoms with E-state index in [9.17, 15) is 4.79 Å². The third kappa shape index (κ3) is 2.93. The number of rotatable bonds is 4. The summed E-state index contributed by atoms with van der Waals surface area (Å²) in [7, 11) is 0. The molecule has 0 saturated carbocycles. The molecule has 0 aliphatic rings. The molecule has 0 saturated heterocycles. The minimum Gasteiger partial charge on any atom is -0.480 e. The molecule has 0 spiro atoms. The van der Waals surface area contributed by atoms with Crippen molar-refractivity contribution in [2.24, 2.45) is 5.73 Å². The van der Waals surface area contributed by atoms with Crippen LogP contribution in [0.5, 0.6) is 0 Å². The largest absolute Gasteiger partial charge is 0.480 e. The number of pyridine rings is 1. The Labute approximate surface area is 105 Å². The van der Waals surface area contributed by atoms with Crippen molar-refractivity contribution >= 4 is 5.97 Å². The summed E-state index contributed by atoms with van der Waals surface area (Å²) in [5, 5.41) is 8.74. The van der Waals surface area contributed by atoms with Crippen molar-refractivity contribution in [3.05, 3.63) is 54.4 Å². The second kappa shape index (κ2) is 5.42. The molecule has 0 unspecified atom stereocenters. The molecular weight excluding hydrogens is 228 g/mol. The molecule has 4 nitrogen and oxygen atoms in total. The van der Waals surface area contributed by atoms with E-state index in [1.807, 2.05) is 36.4 Å². The molecule has 1 atom stereocenters. The Morgan fingerprint density at radius 1 is 1.22 bits per heavy atom. The highest BCUT2D eigenvalue weighted by Gasteiger charge is 2.11. The van der Waals surface area contributed by atoms with E-state index in [1.165, 1.54) is 0 Å². The van der Waals surface area contributed by atoms with E-state index in [-0.39, 0.29) is 0 Å². The van der Waals surface area contributed by atoms with Crippen molar-refractivity contribution in [1.29, 1.82) is 0 Å². The van der Waals surface area contributed by atoms with Gasteiger partial charge in [0.25, 0.3) is 0 Å². The lowest BCUT2D eigenvalue weighted by molar-refractivity contribution is -0.138. The highest BCUT2D eigenvalue weighted by atomic mass is 16.4. The Morgan fingerprint density at radius 2 is 1.94 bits per heavy atom. The number of nitrogens with zero attached hydrogens (tertiary/aromatic N) is 1. The van der Waals surface area contributed by atoms with Gasteiger partial charge in [-0.05, 0) is 29.2 Å². The Balaban J connectivity index is 2.13. The van der Waals surface area contributed by atoms with Gasteiger partial charge in [0.15, 0.2) is 0 Å². The van der Waals surface area contributed by atoms with Crippen molar-refractivity contribution in [2.75, 3.05) is 0 Å². The molecular formula is C14H14N2O2. The lowest BCUT2D eigenvalue weighted by Gasteiger charge is -2.07. The maximum atomic E-state index is 10.7. The summed E-state index contributed by atoms with van der Waals surface area (Å²) in [6, 6.07) is 10.7. The second-order valence-electron chi connectivity index (χ2n) is 4.09.